The van der Waals surface area contributed by atoms with Crippen LogP contribution in [0.3, 0.4) is 0 Å². The van der Waals surface area contributed by atoms with Crippen molar-refractivity contribution in [1.29, 1.82) is 0 Å². The van der Waals surface area contributed by atoms with Gasteiger partial charge in [-0.3, -0.25) is 0 Å². The zero-order valence-corrected chi connectivity index (χ0v) is 6.39. The Hall–Kier alpha value is -1.76. The van der Waals surface area contributed by atoms with Crippen molar-refractivity contribution in [3.63, 3.8) is 0 Å². The molecule has 3 N–H and O–H groups in total. The van der Waals surface area contributed by atoms with E-state index in [9.17, 15) is 0 Å². The number of aromatic nitrogens is 5. The molecule has 2 rings (SSSR count). The van der Waals surface area contributed by atoms with Crippen molar-refractivity contribution in [2.75, 3.05) is 5.43 Å². The lowest BCUT2D eigenvalue weighted by Crippen LogP contribution is -2.09. The summed E-state index contributed by atoms with van der Waals surface area (Å²) in [5.41, 5.74) is 3.52. The van der Waals surface area contributed by atoms with Gasteiger partial charge in [-0.25, -0.2) is 15.8 Å². The molecule has 0 fully saturated rings. The van der Waals surface area contributed by atoms with Crippen molar-refractivity contribution in [3.05, 3.63) is 6.33 Å². The second kappa shape index (κ2) is 2.38. The Kier molecular flexibility index (Phi) is 1.37. The number of hydrogen-bond donors (Lipinski definition) is 2. The molecule has 7 heteroatoms. The molecule has 0 aliphatic rings. The maximum atomic E-state index is 5.21. The van der Waals surface area contributed by atoms with Gasteiger partial charge in [-0.15, -0.1) is 10.2 Å². The molecule has 0 aliphatic heterocycles. The Morgan fingerprint density at radius 2 is 2.25 bits per heavy atom. The van der Waals surface area contributed by atoms with Gasteiger partial charge < -0.3 is 5.43 Å². The molecule has 0 bridgehead atoms. The SMILES string of the molecule is Cn1nc2ncnc(NN)c2n1. The molecule has 0 unspecified atom stereocenters. The van der Waals surface area contributed by atoms with Crippen molar-refractivity contribution in [2.45, 2.75) is 0 Å². The molecule has 7 nitrogen and oxygen atoms in total. The molecule has 2 aromatic rings. The first-order valence-corrected chi connectivity index (χ1v) is 3.30. The quantitative estimate of drug-likeness (QED) is 0.417. The summed E-state index contributed by atoms with van der Waals surface area (Å²) in [6, 6.07) is 0. The normalized spacial score (nSPS) is 10.5. The van der Waals surface area contributed by atoms with Crippen LogP contribution in [0.25, 0.3) is 11.2 Å². The number of nitrogen functional groups attached to an aromatic ring is 1. The Morgan fingerprint density at radius 3 is 3.00 bits per heavy atom. The second-order valence-electron chi connectivity index (χ2n) is 2.23. The van der Waals surface area contributed by atoms with Crippen molar-refractivity contribution in [1.82, 2.24) is 25.0 Å². The van der Waals surface area contributed by atoms with E-state index >= 15 is 0 Å². The highest BCUT2D eigenvalue weighted by molar-refractivity contribution is 5.80. The Morgan fingerprint density at radius 1 is 1.42 bits per heavy atom. The summed E-state index contributed by atoms with van der Waals surface area (Å²) < 4.78 is 0. The van der Waals surface area contributed by atoms with Gasteiger partial charge in [-0.2, -0.15) is 4.80 Å². The second-order valence-corrected chi connectivity index (χ2v) is 2.23. The van der Waals surface area contributed by atoms with Gasteiger partial charge in [0.05, 0.1) is 0 Å². The highest BCUT2D eigenvalue weighted by Gasteiger charge is 2.06. The van der Waals surface area contributed by atoms with Crippen LogP contribution in [0.2, 0.25) is 0 Å². The van der Waals surface area contributed by atoms with Gasteiger partial charge in [-0.05, 0) is 0 Å². The molecule has 0 saturated heterocycles. The number of nitrogens with one attached hydrogen (secondary N) is 1. The number of nitrogens with two attached hydrogens (primary N) is 1. The van der Waals surface area contributed by atoms with E-state index in [0.29, 0.717) is 17.0 Å². The third-order valence-electron chi connectivity index (χ3n) is 1.42. The number of anilines is 1. The Balaban J connectivity index is 2.78. The van der Waals surface area contributed by atoms with Gasteiger partial charge >= 0.3 is 0 Å². The molecule has 0 radical (unpaired) electrons. The monoisotopic (exact) mass is 165 g/mol. The summed E-state index contributed by atoms with van der Waals surface area (Å²) in [5.74, 6) is 5.69. The predicted octanol–water partition coefficient (Wildman–Crippen LogP) is -0.956. The standard InChI is InChI=1S/C5H7N7/c1-12-10-3-4(9-6)7-2-8-5(3)11-12/h2H,6H2,1H3,(H,7,8,9,11). The molecule has 0 spiro atoms. The van der Waals surface area contributed by atoms with Gasteiger partial charge in [0.25, 0.3) is 0 Å². The summed E-state index contributed by atoms with van der Waals surface area (Å²) in [4.78, 5) is 9.20. The lowest BCUT2D eigenvalue weighted by molar-refractivity contribution is 0.663. The zero-order chi connectivity index (χ0) is 8.55. The topological polar surface area (TPSA) is 94.5 Å². The fraction of sp³-hybridized carbons (Fsp3) is 0.200. The van der Waals surface area contributed by atoms with E-state index in [0.717, 1.165) is 0 Å². The number of hydrazine groups is 1. The van der Waals surface area contributed by atoms with Crippen LogP contribution < -0.4 is 11.3 Å². The van der Waals surface area contributed by atoms with E-state index in [1.807, 2.05) is 0 Å². The van der Waals surface area contributed by atoms with Crippen LogP contribution in [0.5, 0.6) is 0 Å². The number of aryl methyl sites for hydroxylation is 1. The van der Waals surface area contributed by atoms with E-state index in [1.54, 1.807) is 7.05 Å². The third-order valence-corrected chi connectivity index (χ3v) is 1.42. The van der Waals surface area contributed by atoms with Gasteiger partial charge in [0, 0.05) is 7.05 Å². The summed E-state index contributed by atoms with van der Waals surface area (Å²) in [5, 5.41) is 8.00. The number of hydrogen-bond acceptors (Lipinski definition) is 6. The van der Waals surface area contributed by atoms with Gasteiger partial charge in [0.15, 0.2) is 11.3 Å². The maximum Gasteiger partial charge on any atom is 0.207 e. The molecule has 0 amide bonds. The lowest BCUT2D eigenvalue weighted by atomic mass is 10.5. The molecule has 0 atom stereocenters. The fourth-order valence-corrected chi connectivity index (χ4v) is 0.945. The van der Waals surface area contributed by atoms with E-state index in [4.69, 9.17) is 5.84 Å². The van der Waals surface area contributed by atoms with E-state index in [1.165, 1.54) is 11.1 Å². The van der Waals surface area contributed by atoms with Gasteiger partial charge in [-0.1, -0.05) is 0 Å². The number of fused-ring (bicyclic) bond motifs is 1. The van der Waals surface area contributed by atoms with Crippen LogP contribution in [0.1, 0.15) is 0 Å². The molecular weight excluding hydrogens is 158 g/mol. The van der Waals surface area contributed by atoms with E-state index in [-0.39, 0.29) is 0 Å². The Bertz CT molecular complexity index is 405. The summed E-state index contributed by atoms with van der Waals surface area (Å²) in [7, 11) is 1.71. The van der Waals surface area contributed by atoms with Crippen molar-refractivity contribution >= 4 is 17.0 Å². The van der Waals surface area contributed by atoms with Gasteiger partial charge in [0.1, 0.15) is 6.33 Å². The largest absolute Gasteiger partial charge is 0.306 e. The van der Waals surface area contributed by atoms with Crippen LogP contribution in [0.4, 0.5) is 5.82 Å². The first kappa shape index (κ1) is 6.92. The first-order valence-electron chi connectivity index (χ1n) is 3.30. The Labute approximate surface area is 67.6 Å². The average Bonchev–Trinajstić information content (AvgIpc) is 2.44. The van der Waals surface area contributed by atoms with Gasteiger partial charge in [0.2, 0.25) is 5.65 Å². The highest BCUT2D eigenvalue weighted by Crippen LogP contribution is 2.11. The molecule has 62 valence electrons. The number of nitrogens with zero attached hydrogens (tertiary/aromatic N) is 5. The first-order chi connectivity index (χ1) is 5.81. The van der Waals surface area contributed by atoms with E-state index < -0.39 is 0 Å². The molecule has 0 aromatic carbocycles. The van der Waals surface area contributed by atoms with Crippen LogP contribution in [0, 0.1) is 0 Å². The molecule has 0 saturated carbocycles. The predicted molar refractivity (Wildman–Crippen MR) is 41.9 cm³/mol. The third kappa shape index (κ3) is 0.873. The fourth-order valence-electron chi connectivity index (χ4n) is 0.945. The van der Waals surface area contributed by atoms with Crippen LogP contribution in [-0.2, 0) is 7.05 Å². The summed E-state index contributed by atoms with van der Waals surface area (Å²) >= 11 is 0. The van der Waals surface area contributed by atoms with Crippen molar-refractivity contribution < 1.29 is 0 Å². The number of rotatable bonds is 1. The van der Waals surface area contributed by atoms with Crippen LogP contribution in [0.15, 0.2) is 6.33 Å². The molecular formula is C5H7N7. The summed E-state index contributed by atoms with van der Waals surface area (Å²) in [6.45, 7) is 0. The highest BCUT2D eigenvalue weighted by atomic mass is 15.5. The molecule has 12 heavy (non-hydrogen) atoms. The minimum absolute atomic E-state index is 0.480. The molecule has 2 heterocycles. The van der Waals surface area contributed by atoms with Crippen LogP contribution in [-0.4, -0.2) is 25.0 Å². The van der Waals surface area contributed by atoms with Crippen LogP contribution >= 0.6 is 0 Å². The summed E-state index contributed by atoms with van der Waals surface area (Å²) in [6.07, 6.45) is 1.38. The lowest BCUT2D eigenvalue weighted by Gasteiger charge is -1.94. The molecule has 0 aliphatic carbocycles. The average molecular weight is 165 g/mol. The van der Waals surface area contributed by atoms with Crippen molar-refractivity contribution in [2.24, 2.45) is 12.9 Å². The maximum absolute atomic E-state index is 5.21. The molecule has 2 aromatic heterocycles. The zero-order valence-electron chi connectivity index (χ0n) is 6.39. The van der Waals surface area contributed by atoms with Crippen molar-refractivity contribution in [3.8, 4) is 0 Å². The minimum atomic E-state index is 0.480. The minimum Gasteiger partial charge on any atom is -0.306 e. The smallest absolute Gasteiger partial charge is 0.207 e. The van der Waals surface area contributed by atoms with E-state index in [2.05, 4.69) is 25.6 Å².